The van der Waals surface area contributed by atoms with Crippen molar-refractivity contribution in [2.75, 3.05) is 7.11 Å². The van der Waals surface area contributed by atoms with Crippen molar-refractivity contribution in [3.8, 4) is 17.0 Å². The summed E-state index contributed by atoms with van der Waals surface area (Å²) in [5.74, 6) is 0.708. The third-order valence-electron chi connectivity index (χ3n) is 3.47. The van der Waals surface area contributed by atoms with E-state index in [1.807, 2.05) is 29.0 Å². The molecule has 3 rings (SSSR count). The number of aromatic nitrogens is 4. The minimum atomic E-state index is 0.0667. The first-order valence-electron chi connectivity index (χ1n) is 6.81. The number of methoxy groups -OCH3 is 1. The number of nitrogens with zero attached hydrogens (tertiary/aromatic N) is 4. The third kappa shape index (κ3) is 2.94. The maximum absolute atomic E-state index is 5.87. The van der Waals surface area contributed by atoms with Gasteiger partial charge in [0, 0.05) is 24.2 Å². The van der Waals surface area contributed by atoms with Gasteiger partial charge in [-0.3, -0.25) is 9.97 Å². The standard InChI is InChI=1S/C16H15ClN4O/c1-11(15-4-3-13(17)7-19-15)21-9-16(20-10-21)12-5-14(22-2)8-18-6-12/h3-11H,1-2H3. The highest BCUT2D eigenvalue weighted by atomic mass is 35.5. The molecule has 3 heterocycles. The van der Waals surface area contributed by atoms with E-state index < -0.39 is 0 Å². The van der Waals surface area contributed by atoms with Gasteiger partial charge in [0.2, 0.25) is 0 Å². The Morgan fingerprint density at radius 2 is 2.05 bits per heavy atom. The Morgan fingerprint density at radius 3 is 2.77 bits per heavy atom. The Morgan fingerprint density at radius 1 is 1.18 bits per heavy atom. The van der Waals surface area contributed by atoms with Crippen LogP contribution in [0.25, 0.3) is 11.3 Å². The molecular formula is C16H15ClN4O. The van der Waals surface area contributed by atoms with Gasteiger partial charge in [0.05, 0.1) is 42.1 Å². The molecule has 3 aromatic heterocycles. The molecule has 1 unspecified atom stereocenters. The molecule has 0 fully saturated rings. The van der Waals surface area contributed by atoms with Crippen molar-refractivity contribution < 1.29 is 4.74 Å². The second kappa shape index (κ2) is 6.15. The number of hydrogen-bond donors (Lipinski definition) is 0. The van der Waals surface area contributed by atoms with Crippen LogP contribution in [0.15, 0.2) is 49.3 Å². The molecule has 5 nitrogen and oxygen atoms in total. The molecule has 0 spiro atoms. The van der Waals surface area contributed by atoms with Crippen LogP contribution in [0.3, 0.4) is 0 Å². The van der Waals surface area contributed by atoms with E-state index >= 15 is 0 Å². The van der Waals surface area contributed by atoms with Crippen molar-refractivity contribution in [3.05, 3.63) is 60.0 Å². The molecule has 0 bridgehead atoms. The lowest BCUT2D eigenvalue weighted by atomic mass is 10.2. The molecule has 1 atom stereocenters. The fourth-order valence-corrected chi connectivity index (χ4v) is 2.27. The van der Waals surface area contributed by atoms with Gasteiger partial charge in [0.15, 0.2) is 0 Å². The van der Waals surface area contributed by atoms with Gasteiger partial charge in [-0.25, -0.2) is 4.98 Å². The summed E-state index contributed by atoms with van der Waals surface area (Å²) >= 11 is 5.87. The largest absolute Gasteiger partial charge is 0.495 e. The summed E-state index contributed by atoms with van der Waals surface area (Å²) in [6.07, 6.45) is 8.84. The highest BCUT2D eigenvalue weighted by molar-refractivity contribution is 6.30. The predicted molar refractivity (Wildman–Crippen MR) is 85.1 cm³/mol. The summed E-state index contributed by atoms with van der Waals surface area (Å²) in [5.41, 5.74) is 2.68. The Hall–Kier alpha value is -2.40. The molecule has 6 heteroatoms. The first-order valence-corrected chi connectivity index (χ1v) is 7.19. The average Bonchev–Trinajstić information content (AvgIpc) is 3.05. The van der Waals surface area contributed by atoms with Gasteiger partial charge in [-0.15, -0.1) is 0 Å². The van der Waals surface area contributed by atoms with Crippen LogP contribution in [0, 0.1) is 0 Å². The monoisotopic (exact) mass is 314 g/mol. The lowest BCUT2D eigenvalue weighted by molar-refractivity contribution is 0.413. The van der Waals surface area contributed by atoms with Crippen LogP contribution >= 0.6 is 11.6 Å². The molecule has 0 aliphatic carbocycles. The predicted octanol–water partition coefficient (Wildman–Crippen LogP) is 3.61. The van der Waals surface area contributed by atoms with E-state index in [4.69, 9.17) is 16.3 Å². The summed E-state index contributed by atoms with van der Waals surface area (Å²) in [7, 11) is 1.62. The SMILES string of the molecule is COc1cncc(-c2cn(C(C)c3ccc(Cl)cn3)cn2)c1. The maximum atomic E-state index is 5.87. The van der Waals surface area contributed by atoms with Crippen LogP contribution < -0.4 is 4.74 Å². The van der Waals surface area contributed by atoms with Crippen molar-refractivity contribution in [3.63, 3.8) is 0 Å². The van der Waals surface area contributed by atoms with Crippen LogP contribution in [-0.4, -0.2) is 26.6 Å². The minimum absolute atomic E-state index is 0.0667. The molecule has 0 aliphatic rings. The summed E-state index contributed by atoms with van der Waals surface area (Å²) in [4.78, 5) is 12.9. The second-order valence-electron chi connectivity index (χ2n) is 4.90. The van der Waals surface area contributed by atoms with Gasteiger partial charge in [-0.05, 0) is 25.1 Å². The van der Waals surface area contributed by atoms with Crippen LogP contribution in [-0.2, 0) is 0 Å². The van der Waals surface area contributed by atoms with Crippen LogP contribution in [0.2, 0.25) is 5.02 Å². The Labute approximate surface area is 133 Å². The first-order chi connectivity index (χ1) is 10.7. The lowest BCUT2D eigenvalue weighted by Gasteiger charge is -2.12. The maximum Gasteiger partial charge on any atom is 0.137 e. The Bertz CT molecular complexity index is 770. The van der Waals surface area contributed by atoms with Crippen molar-refractivity contribution in [2.24, 2.45) is 0 Å². The molecular weight excluding hydrogens is 300 g/mol. The van der Waals surface area contributed by atoms with E-state index in [1.165, 1.54) is 0 Å². The van der Waals surface area contributed by atoms with E-state index in [2.05, 4.69) is 21.9 Å². The lowest BCUT2D eigenvalue weighted by Crippen LogP contribution is -2.05. The molecule has 0 aromatic carbocycles. The smallest absolute Gasteiger partial charge is 0.137 e. The fraction of sp³-hybridized carbons (Fsp3) is 0.188. The Kier molecular flexibility index (Phi) is 4.06. The second-order valence-corrected chi connectivity index (χ2v) is 5.33. The van der Waals surface area contributed by atoms with E-state index in [0.717, 1.165) is 17.0 Å². The number of halogens is 1. The minimum Gasteiger partial charge on any atom is -0.495 e. The summed E-state index contributed by atoms with van der Waals surface area (Å²) in [6.45, 7) is 2.06. The summed E-state index contributed by atoms with van der Waals surface area (Å²) in [5, 5.41) is 0.629. The third-order valence-corrected chi connectivity index (χ3v) is 3.70. The number of hydrogen-bond acceptors (Lipinski definition) is 4. The van der Waals surface area contributed by atoms with Gasteiger partial charge >= 0.3 is 0 Å². The Balaban J connectivity index is 1.88. The van der Waals surface area contributed by atoms with Crippen LogP contribution in [0.1, 0.15) is 18.7 Å². The van der Waals surface area contributed by atoms with Gasteiger partial charge in [-0.2, -0.15) is 0 Å². The molecule has 112 valence electrons. The number of pyridine rings is 2. The molecule has 0 radical (unpaired) electrons. The average molecular weight is 315 g/mol. The molecule has 3 aromatic rings. The highest BCUT2D eigenvalue weighted by Crippen LogP contribution is 2.23. The number of imidazole rings is 1. The normalized spacial score (nSPS) is 12.1. The number of ether oxygens (including phenoxy) is 1. The van der Waals surface area contributed by atoms with Gasteiger partial charge < -0.3 is 9.30 Å². The van der Waals surface area contributed by atoms with Crippen molar-refractivity contribution >= 4 is 11.6 Å². The fourth-order valence-electron chi connectivity index (χ4n) is 2.16. The van der Waals surface area contributed by atoms with E-state index in [1.54, 1.807) is 32.0 Å². The van der Waals surface area contributed by atoms with Gasteiger partial charge in [0.1, 0.15) is 5.75 Å². The zero-order valence-electron chi connectivity index (χ0n) is 12.3. The molecule has 0 saturated carbocycles. The van der Waals surface area contributed by atoms with Crippen LogP contribution in [0.4, 0.5) is 0 Å². The topological polar surface area (TPSA) is 52.8 Å². The highest BCUT2D eigenvalue weighted by Gasteiger charge is 2.11. The zero-order valence-corrected chi connectivity index (χ0v) is 13.0. The summed E-state index contributed by atoms with van der Waals surface area (Å²) in [6, 6.07) is 5.73. The van der Waals surface area contributed by atoms with E-state index in [-0.39, 0.29) is 6.04 Å². The van der Waals surface area contributed by atoms with E-state index in [0.29, 0.717) is 10.8 Å². The van der Waals surface area contributed by atoms with Gasteiger partial charge in [0.25, 0.3) is 0 Å². The number of rotatable bonds is 4. The van der Waals surface area contributed by atoms with Crippen LogP contribution in [0.5, 0.6) is 5.75 Å². The molecule has 0 saturated heterocycles. The first kappa shape index (κ1) is 14.5. The molecule has 22 heavy (non-hydrogen) atoms. The molecule has 0 aliphatic heterocycles. The van der Waals surface area contributed by atoms with Crippen molar-refractivity contribution in [1.82, 2.24) is 19.5 Å². The zero-order chi connectivity index (χ0) is 15.5. The van der Waals surface area contributed by atoms with Gasteiger partial charge in [-0.1, -0.05) is 11.6 Å². The summed E-state index contributed by atoms with van der Waals surface area (Å²) < 4.78 is 7.20. The van der Waals surface area contributed by atoms with E-state index in [9.17, 15) is 0 Å². The molecule has 0 amide bonds. The quantitative estimate of drug-likeness (QED) is 0.738. The van der Waals surface area contributed by atoms with Crippen molar-refractivity contribution in [1.29, 1.82) is 0 Å². The van der Waals surface area contributed by atoms with Crippen molar-refractivity contribution in [2.45, 2.75) is 13.0 Å². The molecule has 0 N–H and O–H groups in total.